The van der Waals surface area contributed by atoms with Crippen molar-refractivity contribution in [2.45, 2.75) is 25.8 Å². The van der Waals surface area contributed by atoms with Crippen LogP contribution in [0.15, 0.2) is 47.4 Å². The molecule has 2 amide bonds. The first-order valence-electron chi connectivity index (χ1n) is 10.4. The van der Waals surface area contributed by atoms with E-state index in [1.54, 1.807) is 12.3 Å². The Morgan fingerprint density at radius 1 is 1.09 bits per heavy atom. The number of aryl methyl sites for hydroxylation is 1. The van der Waals surface area contributed by atoms with Crippen LogP contribution in [0.3, 0.4) is 0 Å². The van der Waals surface area contributed by atoms with Crippen molar-refractivity contribution >= 4 is 40.6 Å². The normalized spacial score (nSPS) is 21.0. The molecule has 9 heteroatoms. The molecule has 1 aromatic carbocycles. The molecule has 3 aromatic rings. The van der Waals surface area contributed by atoms with Gasteiger partial charge in [0, 0.05) is 19.2 Å². The molecule has 2 N–H and O–H groups in total. The van der Waals surface area contributed by atoms with E-state index in [0.29, 0.717) is 23.6 Å². The summed E-state index contributed by atoms with van der Waals surface area (Å²) in [4.78, 5) is 47.4. The monoisotopic (exact) mass is 445 g/mol. The number of hydrogen-bond acceptors (Lipinski definition) is 6. The van der Waals surface area contributed by atoms with E-state index in [2.05, 4.69) is 10.6 Å². The van der Waals surface area contributed by atoms with Crippen LogP contribution < -0.4 is 21.1 Å². The van der Waals surface area contributed by atoms with Crippen molar-refractivity contribution < 1.29 is 9.59 Å². The minimum absolute atomic E-state index is 0.0175. The van der Waals surface area contributed by atoms with Crippen LogP contribution in [0.1, 0.15) is 28.3 Å². The summed E-state index contributed by atoms with van der Waals surface area (Å²) >= 11 is 5.06. The lowest BCUT2D eigenvalue weighted by Gasteiger charge is -2.52. The van der Waals surface area contributed by atoms with Gasteiger partial charge < -0.3 is 15.5 Å². The van der Waals surface area contributed by atoms with Gasteiger partial charge in [-0.05, 0) is 48.3 Å². The zero-order chi connectivity index (χ0) is 22.2. The molecular weight excluding hydrogens is 426 g/mol. The number of anilines is 1. The van der Waals surface area contributed by atoms with E-state index >= 15 is 0 Å². The molecule has 0 aliphatic carbocycles. The highest BCUT2D eigenvalue weighted by molar-refractivity contribution is 7.80. The third-order valence-electron chi connectivity index (χ3n) is 6.86. The van der Waals surface area contributed by atoms with Crippen LogP contribution in [-0.2, 0) is 22.4 Å². The Kier molecular flexibility index (Phi) is 3.86. The van der Waals surface area contributed by atoms with E-state index in [4.69, 9.17) is 17.2 Å². The van der Waals surface area contributed by atoms with Gasteiger partial charge in [-0.25, -0.2) is 4.98 Å². The molecular formula is C23H19N5O3S. The van der Waals surface area contributed by atoms with Crippen molar-refractivity contribution in [3.05, 3.63) is 75.2 Å². The topological polar surface area (TPSA) is 95.8 Å². The fraction of sp³-hybridized carbons (Fsp3) is 0.261. The maximum absolute atomic E-state index is 13.6. The number of thiocarbonyl (C=S) groups is 1. The molecule has 5 heterocycles. The molecule has 3 aliphatic rings. The largest absolute Gasteiger partial charge is 0.347 e. The molecule has 32 heavy (non-hydrogen) atoms. The van der Waals surface area contributed by atoms with Crippen LogP contribution in [0.4, 0.5) is 5.82 Å². The number of pyridine rings is 1. The molecule has 0 unspecified atom stereocenters. The average molecular weight is 446 g/mol. The Morgan fingerprint density at radius 3 is 2.62 bits per heavy atom. The fourth-order valence-corrected chi connectivity index (χ4v) is 5.58. The molecule has 6 rings (SSSR count). The number of carbonyl (C=O) groups excluding carboxylic acids is 2. The highest BCUT2D eigenvalue weighted by Crippen LogP contribution is 2.51. The Morgan fingerprint density at radius 2 is 1.84 bits per heavy atom. The number of hydrogen-bond donors (Lipinski definition) is 2. The van der Waals surface area contributed by atoms with Crippen LogP contribution >= 0.6 is 12.2 Å². The van der Waals surface area contributed by atoms with Crippen molar-refractivity contribution in [3.8, 4) is 0 Å². The van der Waals surface area contributed by atoms with Crippen LogP contribution in [0, 0.1) is 12.3 Å². The fourth-order valence-electron chi connectivity index (χ4n) is 5.39. The first kappa shape index (κ1) is 19.1. The summed E-state index contributed by atoms with van der Waals surface area (Å²) in [5.74, 6) is -0.433. The number of rotatable bonds is 0. The Bertz CT molecular complexity index is 1410. The Balaban J connectivity index is 1.69. The predicted molar refractivity (Wildman–Crippen MR) is 121 cm³/mol. The van der Waals surface area contributed by atoms with Gasteiger partial charge in [0.15, 0.2) is 10.5 Å². The van der Waals surface area contributed by atoms with E-state index < -0.39 is 23.3 Å². The maximum Gasteiger partial charge on any atom is 0.263 e. The molecule has 0 saturated carbocycles. The lowest BCUT2D eigenvalue weighted by atomic mass is 9.65. The lowest BCUT2D eigenvalue weighted by Crippen LogP contribution is -2.69. The molecule has 0 bridgehead atoms. The summed E-state index contributed by atoms with van der Waals surface area (Å²) in [6.07, 6.45) is 2.33. The van der Waals surface area contributed by atoms with Gasteiger partial charge in [-0.1, -0.05) is 30.3 Å². The van der Waals surface area contributed by atoms with Crippen molar-refractivity contribution in [2.75, 3.05) is 11.4 Å². The van der Waals surface area contributed by atoms with Gasteiger partial charge in [0.2, 0.25) is 11.8 Å². The van der Waals surface area contributed by atoms with Crippen LogP contribution in [0.2, 0.25) is 0 Å². The second-order valence-electron chi connectivity index (χ2n) is 8.53. The lowest BCUT2D eigenvalue weighted by molar-refractivity contribution is -0.146. The molecule has 2 aromatic heterocycles. The maximum atomic E-state index is 13.6. The summed E-state index contributed by atoms with van der Waals surface area (Å²) in [5, 5.41) is 5.25. The van der Waals surface area contributed by atoms with Crippen LogP contribution in [-0.4, -0.2) is 32.9 Å². The number of nitrogens with one attached hydrogen (secondary N) is 2. The minimum Gasteiger partial charge on any atom is -0.347 e. The van der Waals surface area contributed by atoms with E-state index in [0.717, 1.165) is 23.1 Å². The summed E-state index contributed by atoms with van der Waals surface area (Å²) in [7, 11) is 0. The SMILES string of the molecule is Cc1cccn2c(=O)c3c(nc12)N1CCc2ccccc2[C@H]1C1(C3)C(=O)NC(=S)NC1=O. The van der Waals surface area contributed by atoms with Gasteiger partial charge in [-0.3, -0.25) is 18.8 Å². The third kappa shape index (κ3) is 2.34. The van der Waals surface area contributed by atoms with Gasteiger partial charge in [-0.2, -0.15) is 0 Å². The Hall–Kier alpha value is -3.59. The van der Waals surface area contributed by atoms with Gasteiger partial charge in [0.05, 0.1) is 11.6 Å². The second kappa shape index (κ2) is 6.46. The average Bonchev–Trinajstić information content (AvgIpc) is 2.78. The number of amides is 2. The molecule has 1 spiro atoms. The summed E-state index contributed by atoms with van der Waals surface area (Å²) < 4.78 is 1.49. The highest BCUT2D eigenvalue weighted by Gasteiger charge is 2.61. The molecule has 3 aliphatic heterocycles. The molecule has 1 saturated heterocycles. The zero-order valence-electron chi connectivity index (χ0n) is 17.2. The number of aromatic nitrogens is 2. The minimum atomic E-state index is -1.54. The zero-order valence-corrected chi connectivity index (χ0v) is 18.0. The summed E-state index contributed by atoms with van der Waals surface area (Å²) in [6.45, 7) is 2.44. The van der Waals surface area contributed by atoms with Crippen molar-refractivity contribution in [3.63, 3.8) is 0 Å². The number of carbonyl (C=O) groups is 2. The van der Waals surface area contributed by atoms with E-state index in [9.17, 15) is 14.4 Å². The van der Waals surface area contributed by atoms with Crippen LogP contribution in [0.5, 0.6) is 0 Å². The van der Waals surface area contributed by atoms with Crippen molar-refractivity contribution in [2.24, 2.45) is 5.41 Å². The van der Waals surface area contributed by atoms with E-state index in [1.807, 2.05) is 42.2 Å². The molecule has 0 radical (unpaired) electrons. The quantitative estimate of drug-likeness (QED) is 0.399. The highest BCUT2D eigenvalue weighted by atomic mass is 32.1. The summed E-state index contributed by atoms with van der Waals surface area (Å²) in [6, 6.07) is 10.9. The predicted octanol–water partition coefficient (Wildman–Crippen LogP) is 1.18. The van der Waals surface area contributed by atoms with Crippen LogP contribution in [0.25, 0.3) is 5.65 Å². The third-order valence-corrected chi connectivity index (χ3v) is 7.07. The molecule has 8 nitrogen and oxygen atoms in total. The van der Waals surface area contributed by atoms with Crippen molar-refractivity contribution in [1.82, 2.24) is 20.0 Å². The van der Waals surface area contributed by atoms with Crippen molar-refractivity contribution in [1.29, 1.82) is 0 Å². The first-order valence-corrected chi connectivity index (χ1v) is 10.8. The molecule has 160 valence electrons. The van der Waals surface area contributed by atoms with Gasteiger partial charge in [0.25, 0.3) is 5.56 Å². The standard InChI is InChI=1S/C23H19N5O3S/c1-12-5-4-9-28-17(12)24-18-15(19(28)29)11-23(20(30)25-22(32)26-21(23)31)16-14-7-3-2-6-13(14)8-10-27(16)18/h2-7,9,16H,8,10-11H2,1H3,(H2,25,26,30,31,32)/t16-/m0/s1. The van der Waals surface area contributed by atoms with E-state index in [-0.39, 0.29) is 17.1 Å². The number of benzene rings is 1. The second-order valence-corrected chi connectivity index (χ2v) is 8.94. The van der Waals surface area contributed by atoms with Gasteiger partial charge in [0.1, 0.15) is 11.5 Å². The summed E-state index contributed by atoms with van der Waals surface area (Å²) in [5.41, 5.74) is 1.99. The molecule has 1 atom stereocenters. The number of fused-ring (bicyclic) bond motifs is 7. The smallest absolute Gasteiger partial charge is 0.263 e. The van der Waals surface area contributed by atoms with Gasteiger partial charge in [-0.15, -0.1) is 0 Å². The first-order chi connectivity index (χ1) is 15.4. The van der Waals surface area contributed by atoms with E-state index in [1.165, 1.54) is 4.40 Å². The van der Waals surface area contributed by atoms with Gasteiger partial charge >= 0.3 is 0 Å². The number of nitrogens with zero attached hydrogens (tertiary/aromatic N) is 3. The Labute approximate surface area is 188 Å². The molecule has 1 fully saturated rings.